The highest BCUT2D eigenvalue weighted by molar-refractivity contribution is 7.99. The van der Waals surface area contributed by atoms with E-state index in [-0.39, 0.29) is 5.91 Å². The van der Waals surface area contributed by atoms with Gasteiger partial charge >= 0.3 is 0 Å². The number of imidazole rings is 1. The molecule has 1 N–H and O–H groups in total. The number of rotatable bonds is 15. The second kappa shape index (κ2) is 15.7. The van der Waals surface area contributed by atoms with E-state index in [0.717, 1.165) is 104 Å². The van der Waals surface area contributed by atoms with E-state index in [4.69, 9.17) is 19.2 Å². The maximum Gasteiger partial charge on any atom is 0.220 e. The first-order valence-corrected chi connectivity index (χ1v) is 15.2. The summed E-state index contributed by atoms with van der Waals surface area (Å²) in [6.45, 7) is 8.11. The van der Waals surface area contributed by atoms with Crippen molar-refractivity contribution in [1.82, 2.24) is 19.8 Å². The molecule has 2 aromatic carbocycles. The number of nitrogens with one attached hydrogen (secondary N) is 1. The van der Waals surface area contributed by atoms with Crippen molar-refractivity contribution < 1.29 is 19.0 Å². The number of hydrogen-bond acceptors (Lipinski definition) is 7. The van der Waals surface area contributed by atoms with Gasteiger partial charge in [0.25, 0.3) is 0 Å². The van der Waals surface area contributed by atoms with Gasteiger partial charge in [-0.15, -0.1) is 0 Å². The van der Waals surface area contributed by atoms with Crippen LogP contribution in [0.5, 0.6) is 11.5 Å². The van der Waals surface area contributed by atoms with E-state index >= 15 is 0 Å². The molecule has 8 nitrogen and oxygen atoms in total. The third-order valence-electron chi connectivity index (χ3n) is 6.99. The zero-order chi connectivity index (χ0) is 28.2. The van der Waals surface area contributed by atoms with Crippen molar-refractivity contribution >= 4 is 17.7 Å². The smallest absolute Gasteiger partial charge is 0.220 e. The summed E-state index contributed by atoms with van der Waals surface area (Å²) in [6, 6.07) is 16.3. The molecule has 0 bridgehead atoms. The van der Waals surface area contributed by atoms with Gasteiger partial charge < -0.3 is 24.1 Å². The van der Waals surface area contributed by atoms with Gasteiger partial charge in [0.05, 0.1) is 38.8 Å². The number of morpholine rings is 1. The Hall–Kier alpha value is -3.01. The molecular weight excluding hydrogens is 524 g/mol. The van der Waals surface area contributed by atoms with Crippen LogP contribution in [0.4, 0.5) is 0 Å². The number of amides is 1. The van der Waals surface area contributed by atoms with Crippen LogP contribution in [0.3, 0.4) is 0 Å². The average molecular weight is 567 g/mol. The van der Waals surface area contributed by atoms with Crippen LogP contribution in [-0.4, -0.2) is 79.7 Å². The number of nitrogens with zero attached hydrogens (tertiary/aromatic N) is 3. The molecule has 1 fully saturated rings. The fourth-order valence-electron chi connectivity index (χ4n) is 4.78. The molecule has 9 heteroatoms. The quantitative estimate of drug-likeness (QED) is 0.196. The number of hydrogen-bond donors (Lipinski definition) is 1. The average Bonchev–Trinajstić information content (AvgIpc) is 3.35. The standard InChI is InChI=1S/C31H42N4O4S/c1-4-17-35-30(25-10-14-27(38-3)15-11-25)29(24-8-12-26(37-2)13-9-24)33-31(35)40-23-6-5-7-28(36)32-16-18-34-19-21-39-22-20-34/h8-15H,4-7,16-23H2,1-3H3,(H,32,36). The number of thioether (sulfide) groups is 1. The molecule has 1 aliphatic heterocycles. The van der Waals surface area contributed by atoms with E-state index in [0.29, 0.717) is 13.0 Å². The van der Waals surface area contributed by atoms with Gasteiger partial charge in [0.15, 0.2) is 5.16 Å². The zero-order valence-corrected chi connectivity index (χ0v) is 24.8. The molecule has 1 aromatic heterocycles. The van der Waals surface area contributed by atoms with Gasteiger partial charge in [0.2, 0.25) is 5.91 Å². The predicted octanol–water partition coefficient (Wildman–Crippen LogP) is 5.36. The van der Waals surface area contributed by atoms with E-state index < -0.39 is 0 Å². The van der Waals surface area contributed by atoms with Crippen LogP contribution >= 0.6 is 11.8 Å². The SMILES string of the molecule is CCCn1c(SCCCCC(=O)NCCN2CCOCC2)nc(-c2ccc(OC)cc2)c1-c1ccc(OC)cc1. The van der Waals surface area contributed by atoms with Crippen LogP contribution in [0.15, 0.2) is 53.7 Å². The molecule has 0 radical (unpaired) electrons. The maximum absolute atomic E-state index is 12.3. The molecule has 2 heterocycles. The lowest BCUT2D eigenvalue weighted by Gasteiger charge is -2.26. The Balaban J connectivity index is 1.40. The number of unbranched alkanes of at least 4 members (excludes halogenated alkanes) is 1. The Kier molecular flexibility index (Phi) is 11.8. The van der Waals surface area contributed by atoms with E-state index in [1.807, 2.05) is 24.3 Å². The van der Waals surface area contributed by atoms with Crippen LogP contribution in [0, 0.1) is 0 Å². The molecule has 4 rings (SSSR count). The third kappa shape index (κ3) is 8.25. The number of carbonyl (C=O) groups excluding carboxylic acids is 1. The summed E-state index contributed by atoms with van der Waals surface area (Å²) < 4.78 is 18.5. The van der Waals surface area contributed by atoms with Gasteiger partial charge in [-0.1, -0.05) is 18.7 Å². The largest absolute Gasteiger partial charge is 0.497 e. The highest BCUT2D eigenvalue weighted by Crippen LogP contribution is 2.37. The molecule has 1 saturated heterocycles. The Bertz CT molecular complexity index is 1190. The Morgan fingerprint density at radius 3 is 2.23 bits per heavy atom. The predicted molar refractivity (Wildman–Crippen MR) is 161 cm³/mol. The van der Waals surface area contributed by atoms with Crippen molar-refractivity contribution in [3.05, 3.63) is 48.5 Å². The normalized spacial score (nSPS) is 13.8. The first-order valence-electron chi connectivity index (χ1n) is 14.2. The minimum absolute atomic E-state index is 0.134. The van der Waals surface area contributed by atoms with E-state index in [2.05, 4.69) is 46.0 Å². The summed E-state index contributed by atoms with van der Waals surface area (Å²) in [5.74, 6) is 2.69. The highest BCUT2D eigenvalue weighted by Gasteiger charge is 2.20. The van der Waals surface area contributed by atoms with Crippen LogP contribution in [-0.2, 0) is 16.1 Å². The van der Waals surface area contributed by atoms with Crippen LogP contribution < -0.4 is 14.8 Å². The van der Waals surface area contributed by atoms with Crippen molar-refractivity contribution in [2.45, 2.75) is 44.3 Å². The summed E-state index contributed by atoms with van der Waals surface area (Å²) in [5.41, 5.74) is 4.23. The van der Waals surface area contributed by atoms with Crippen molar-refractivity contribution in [1.29, 1.82) is 0 Å². The van der Waals surface area contributed by atoms with Crippen molar-refractivity contribution in [2.75, 3.05) is 59.4 Å². The van der Waals surface area contributed by atoms with Crippen LogP contribution in [0.1, 0.15) is 32.6 Å². The van der Waals surface area contributed by atoms with Gasteiger partial charge in [0.1, 0.15) is 11.5 Å². The minimum Gasteiger partial charge on any atom is -0.497 e. The van der Waals surface area contributed by atoms with Crippen LogP contribution in [0.25, 0.3) is 22.5 Å². The lowest BCUT2D eigenvalue weighted by atomic mass is 10.0. The van der Waals surface area contributed by atoms with E-state index in [1.165, 1.54) is 0 Å². The fourth-order valence-corrected chi connectivity index (χ4v) is 5.81. The monoisotopic (exact) mass is 566 g/mol. The van der Waals surface area contributed by atoms with Crippen molar-refractivity contribution in [3.8, 4) is 34.0 Å². The fraction of sp³-hybridized carbons (Fsp3) is 0.484. The minimum atomic E-state index is 0.134. The Labute approximate surface area is 242 Å². The molecule has 3 aromatic rings. The summed E-state index contributed by atoms with van der Waals surface area (Å²) in [6.07, 6.45) is 3.37. The molecule has 0 unspecified atom stereocenters. The Morgan fingerprint density at radius 1 is 0.950 bits per heavy atom. The van der Waals surface area contributed by atoms with Gasteiger partial charge in [-0.3, -0.25) is 9.69 Å². The molecule has 1 amide bonds. The summed E-state index contributed by atoms with van der Waals surface area (Å²) >= 11 is 1.77. The molecule has 0 spiro atoms. The molecule has 1 aliphatic rings. The molecule has 40 heavy (non-hydrogen) atoms. The van der Waals surface area contributed by atoms with Gasteiger partial charge in [-0.2, -0.15) is 0 Å². The number of aromatic nitrogens is 2. The van der Waals surface area contributed by atoms with Crippen LogP contribution in [0.2, 0.25) is 0 Å². The van der Waals surface area contributed by atoms with E-state index in [1.54, 1.807) is 26.0 Å². The van der Waals surface area contributed by atoms with E-state index in [9.17, 15) is 4.79 Å². The topological polar surface area (TPSA) is 77.9 Å². The molecular formula is C31H42N4O4S. The summed E-state index contributed by atoms with van der Waals surface area (Å²) in [7, 11) is 3.36. The maximum atomic E-state index is 12.3. The number of methoxy groups -OCH3 is 2. The molecule has 216 valence electrons. The van der Waals surface area contributed by atoms with Crippen molar-refractivity contribution in [2.24, 2.45) is 0 Å². The third-order valence-corrected chi connectivity index (χ3v) is 8.05. The first kappa shape index (κ1) is 30.0. The second-order valence-electron chi connectivity index (χ2n) is 9.81. The second-order valence-corrected chi connectivity index (χ2v) is 10.9. The molecule has 0 aliphatic carbocycles. The lowest BCUT2D eigenvalue weighted by Crippen LogP contribution is -2.41. The van der Waals surface area contributed by atoms with Gasteiger partial charge in [-0.25, -0.2) is 4.98 Å². The zero-order valence-electron chi connectivity index (χ0n) is 24.0. The summed E-state index contributed by atoms with van der Waals surface area (Å²) in [4.78, 5) is 19.8. The molecule has 0 atom stereocenters. The Morgan fingerprint density at radius 2 is 1.60 bits per heavy atom. The lowest BCUT2D eigenvalue weighted by molar-refractivity contribution is -0.121. The first-order chi connectivity index (χ1) is 19.6. The van der Waals surface area contributed by atoms with Gasteiger partial charge in [0, 0.05) is 56.0 Å². The number of benzene rings is 2. The number of ether oxygens (including phenoxy) is 3. The highest BCUT2D eigenvalue weighted by atomic mass is 32.2. The molecule has 0 saturated carbocycles. The van der Waals surface area contributed by atoms with Gasteiger partial charge in [-0.05, 0) is 67.8 Å². The number of carbonyl (C=O) groups is 1. The van der Waals surface area contributed by atoms with Crippen molar-refractivity contribution in [3.63, 3.8) is 0 Å². The summed E-state index contributed by atoms with van der Waals surface area (Å²) in [5, 5.41) is 4.07.